The average Bonchev–Trinajstić information content (AvgIpc) is 2.82. The number of amides is 1. The van der Waals surface area contributed by atoms with Crippen LogP contribution in [0.5, 0.6) is 11.5 Å². The van der Waals surface area contributed by atoms with E-state index in [4.69, 9.17) is 19.2 Å². The Balaban J connectivity index is 1.63. The van der Waals surface area contributed by atoms with Crippen molar-refractivity contribution in [3.05, 3.63) is 52.8 Å². The first kappa shape index (κ1) is 24.0. The smallest absolute Gasteiger partial charge is 0.253 e. The summed E-state index contributed by atoms with van der Waals surface area (Å²) in [7, 11) is 5.02. The standard InChI is InChI=1S/C25H35N3O4/c1-18-6-9-22(25(29)26-12-5-15-30-2)24(27-18)19-10-13-28(14-11-19)17-20-7-8-21(31-3)16-23(20)32-4/h6-9,16,19H,5,10-15,17H2,1-4H3,(H,26,29). The lowest BCUT2D eigenvalue weighted by molar-refractivity contribution is 0.0945. The van der Waals surface area contributed by atoms with Crippen molar-refractivity contribution >= 4 is 5.91 Å². The molecule has 0 saturated carbocycles. The van der Waals surface area contributed by atoms with Crippen molar-refractivity contribution in [3.8, 4) is 11.5 Å². The monoisotopic (exact) mass is 441 g/mol. The minimum Gasteiger partial charge on any atom is -0.497 e. The summed E-state index contributed by atoms with van der Waals surface area (Å²) in [5.41, 5.74) is 3.72. The molecule has 0 radical (unpaired) electrons. The van der Waals surface area contributed by atoms with E-state index >= 15 is 0 Å². The van der Waals surface area contributed by atoms with Gasteiger partial charge in [0.25, 0.3) is 5.91 Å². The van der Waals surface area contributed by atoms with Crippen LogP contribution >= 0.6 is 0 Å². The third kappa shape index (κ3) is 6.20. The zero-order chi connectivity index (χ0) is 22.9. The molecule has 1 aliphatic rings. The van der Waals surface area contributed by atoms with Crippen LogP contribution in [0.15, 0.2) is 30.3 Å². The molecule has 1 amide bonds. The van der Waals surface area contributed by atoms with Crippen molar-refractivity contribution in [3.63, 3.8) is 0 Å². The molecule has 2 heterocycles. The molecule has 0 bridgehead atoms. The van der Waals surface area contributed by atoms with Gasteiger partial charge in [-0.3, -0.25) is 14.7 Å². The van der Waals surface area contributed by atoms with Gasteiger partial charge < -0.3 is 19.5 Å². The first-order chi connectivity index (χ1) is 15.5. The number of aromatic nitrogens is 1. The maximum atomic E-state index is 12.8. The summed E-state index contributed by atoms with van der Waals surface area (Å²) in [6.07, 6.45) is 2.74. The molecule has 1 aromatic heterocycles. The number of nitrogens with zero attached hydrogens (tertiary/aromatic N) is 2. The number of carbonyl (C=O) groups is 1. The summed E-state index contributed by atoms with van der Waals surface area (Å²) < 4.78 is 15.9. The van der Waals surface area contributed by atoms with Gasteiger partial charge in [0.15, 0.2) is 0 Å². The summed E-state index contributed by atoms with van der Waals surface area (Å²) in [4.78, 5) is 20.0. The molecular formula is C25H35N3O4. The van der Waals surface area contributed by atoms with Crippen molar-refractivity contribution in [2.75, 3.05) is 47.6 Å². The average molecular weight is 442 g/mol. The summed E-state index contributed by atoms with van der Waals surface area (Å²) in [6.45, 7) is 5.94. The second kappa shape index (κ2) is 11.8. The zero-order valence-electron chi connectivity index (χ0n) is 19.6. The van der Waals surface area contributed by atoms with Crippen LogP contribution in [0.1, 0.15) is 52.5 Å². The van der Waals surface area contributed by atoms with Gasteiger partial charge in [0.1, 0.15) is 11.5 Å². The van der Waals surface area contributed by atoms with Gasteiger partial charge >= 0.3 is 0 Å². The van der Waals surface area contributed by atoms with Gasteiger partial charge in [-0.1, -0.05) is 6.07 Å². The van der Waals surface area contributed by atoms with Crippen molar-refractivity contribution in [1.29, 1.82) is 0 Å². The Morgan fingerprint density at radius 1 is 1.12 bits per heavy atom. The number of pyridine rings is 1. The molecule has 174 valence electrons. The molecule has 1 aromatic carbocycles. The van der Waals surface area contributed by atoms with Gasteiger partial charge in [-0.2, -0.15) is 0 Å². The van der Waals surface area contributed by atoms with E-state index in [2.05, 4.69) is 16.3 Å². The molecule has 0 aliphatic carbocycles. The van der Waals surface area contributed by atoms with E-state index in [-0.39, 0.29) is 11.8 Å². The Labute approximate surface area is 191 Å². The largest absolute Gasteiger partial charge is 0.497 e. The molecule has 32 heavy (non-hydrogen) atoms. The number of nitrogens with one attached hydrogen (secondary N) is 1. The second-order valence-corrected chi connectivity index (χ2v) is 8.22. The lowest BCUT2D eigenvalue weighted by atomic mass is 9.89. The lowest BCUT2D eigenvalue weighted by Gasteiger charge is -2.32. The van der Waals surface area contributed by atoms with Crippen LogP contribution in [-0.4, -0.2) is 63.4 Å². The van der Waals surface area contributed by atoms with Crippen LogP contribution in [0.4, 0.5) is 0 Å². The number of benzene rings is 1. The third-order valence-corrected chi connectivity index (χ3v) is 5.98. The molecule has 0 spiro atoms. The number of hydrogen-bond donors (Lipinski definition) is 1. The minimum atomic E-state index is -0.0472. The molecule has 1 fully saturated rings. The highest BCUT2D eigenvalue weighted by Crippen LogP contribution is 2.32. The quantitative estimate of drug-likeness (QED) is 0.569. The molecule has 1 aliphatic heterocycles. The summed E-state index contributed by atoms with van der Waals surface area (Å²) >= 11 is 0. The van der Waals surface area contributed by atoms with E-state index in [9.17, 15) is 4.79 Å². The number of carbonyl (C=O) groups excluding carboxylic acids is 1. The number of methoxy groups -OCH3 is 3. The molecule has 3 rings (SSSR count). The van der Waals surface area contributed by atoms with E-state index in [0.717, 1.165) is 67.3 Å². The van der Waals surface area contributed by atoms with Crippen molar-refractivity contribution < 1.29 is 19.0 Å². The second-order valence-electron chi connectivity index (χ2n) is 8.22. The summed E-state index contributed by atoms with van der Waals surface area (Å²) in [5, 5.41) is 3.00. The van der Waals surface area contributed by atoms with E-state index in [1.54, 1.807) is 21.3 Å². The van der Waals surface area contributed by atoms with Crippen LogP contribution in [0.25, 0.3) is 0 Å². The van der Waals surface area contributed by atoms with Crippen LogP contribution < -0.4 is 14.8 Å². The number of hydrogen-bond acceptors (Lipinski definition) is 6. The maximum absolute atomic E-state index is 12.8. The van der Waals surface area contributed by atoms with Gasteiger partial charge in [-0.05, 0) is 57.5 Å². The third-order valence-electron chi connectivity index (χ3n) is 5.98. The van der Waals surface area contributed by atoms with Crippen LogP contribution in [0.3, 0.4) is 0 Å². The van der Waals surface area contributed by atoms with E-state index in [1.165, 1.54) is 0 Å². The van der Waals surface area contributed by atoms with E-state index in [0.29, 0.717) is 18.7 Å². The molecule has 7 heteroatoms. The van der Waals surface area contributed by atoms with Crippen molar-refractivity contribution in [2.45, 2.75) is 38.6 Å². The van der Waals surface area contributed by atoms with E-state index < -0.39 is 0 Å². The van der Waals surface area contributed by atoms with Crippen molar-refractivity contribution in [2.24, 2.45) is 0 Å². The Bertz CT molecular complexity index is 895. The van der Waals surface area contributed by atoms with Gasteiger partial charge in [0, 0.05) is 50.0 Å². The van der Waals surface area contributed by atoms with Crippen LogP contribution in [0, 0.1) is 6.92 Å². The normalized spacial score (nSPS) is 14.9. The Hall–Kier alpha value is -2.64. The molecule has 0 unspecified atom stereocenters. The number of piperidine rings is 1. The van der Waals surface area contributed by atoms with Gasteiger partial charge in [-0.25, -0.2) is 0 Å². The number of rotatable bonds is 10. The lowest BCUT2D eigenvalue weighted by Crippen LogP contribution is -2.34. The fourth-order valence-corrected chi connectivity index (χ4v) is 4.18. The molecular weight excluding hydrogens is 406 g/mol. The molecule has 1 N–H and O–H groups in total. The van der Waals surface area contributed by atoms with Crippen molar-refractivity contribution in [1.82, 2.24) is 15.2 Å². The van der Waals surface area contributed by atoms with E-state index in [1.807, 2.05) is 31.2 Å². The first-order valence-electron chi connectivity index (χ1n) is 11.2. The Morgan fingerprint density at radius 3 is 2.59 bits per heavy atom. The Kier molecular flexibility index (Phi) is 8.88. The first-order valence-corrected chi connectivity index (χ1v) is 11.2. The molecule has 0 atom stereocenters. The molecule has 7 nitrogen and oxygen atoms in total. The van der Waals surface area contributed by atoms with Gasteiger partial charge in [0.2, 0.25) is 0 Å². The topological polar surface area (TPSA) is 72.9 Å². The highest BCUT2D eigenvalue weighted by Gasteiger charge is 2.26. The highest BCUT2D eigenvalue weighted by atomic mass is 16.5. The molecule has 2 aromatic rings. The fourth-order valence-electron chi connectivity index (χ4n) is 4.18. The predicted octanol–water partition coefficient (Wildman–Crippen LogP) is 3.55. The summed E-state index contributed by atoms with van der Waals surface area (Å²) in [6, 6.07) is 9.80. The fraction of sp³-hybridized carbons (Fsp3) is 0.520. The number of aryl methyl sites for hydroxylation is 1. The van der Waals surface area contributed by atoms with Crippen LogP contribution in [0.2, 0.25) is 0 Å². The minimum absolute atomic E-state index is 0.0472. The van der Waals surface area contributed by atoms with Gasteiger partial charge in [0.05, 0.1) is 25.5 Å². The number of likely N-dealkylation sites (tertiary alicyclic amines) is 1. The van der Waals surface area contributed by atoms with Crippen LogP contribution in [-0.2, 0) is 11.3 Å². The Morgan fingerprint density at radius 2 is 1.91 bits per heavy atom. The zero-order valence-corrected chi connectivity index (χ0v) is 19.6. The predicted molar refractivity (Wildman–Crippen MR) is 125 cm³/mol. The number of ether oxygens (including phenoxy) is 3. The SMILES string of the molecule is COCCCNC(=O)c1ccc(C)nc1C1CCN(Cc2ccc(OC)cc2OC)CC1. The van der Waals surface area contributed by atoms with Gasteiger partial charge in [-0.15, -0.1) is 0 Å². The summed E-state index contributed by atoms with van der Waals surface area (Å²) in [5.74, 6) is 1.87. The maximum Gasteiger partial charge on any atom is 0.253 e. The highest BCUT2D eigenvalue weighted by molar-refractivity contribution is 5.95. The molecule has 1 saturated heterocycles.